The Bertz CT molecular complexity index is 671. The Labute approximate surface area is 152 Å². The Morgan fingerprint density at radius 2 is 1.58 bits per heavy atom. The van der Waals surface area contributed by atoms with E-state index in [-0.39, 0.29) is 22.9 Å². The third-order valence-corrected chi connectivity index (χ3v) is 3.56. The van der Waals surface area contributed by atoms with Crippen molar-refractivity contribution in [1.82, 2.24) is 0 Å². The second-order valence-corrected chi connectivity index (χ2v) is 5.26. The first-order chi connectivity index (χ1) is 11.0. The van der Waals surface area contributed by atoms with Crippen molar-refractivity contribution in [1.29, 1.82) is 0 Å². The molecule has 0 bridgehead atoms. The molecule has 0 aliphatic rings. The summed E-state index contributed by atoms with van der Waals surface area (Å²) in [6, 6.07) is 6.99. The monoisotopic (exact) mass is 400 g/mol. The van der Waals surface area contributed by atoms with E-state index in [0.29, 0.717) is 23.8 Å². The van der Waals surface area contributed by atoms with Crippen molar-refractivity contribution in [3.63, 3.8) is 0 Å². The van der Waals surface area contributed by atoms with Gasteiger partial charge >= 0.3 is 5.95 Å². The highest BCUT2D eigenvalue weighted by atomic mass is 79.9. The van der Waals surface area contributed by atoms with Gasteiger partial charge in [0.15, 0.2) is 24.2 Å². The summed E-state index contributed by atoms with van der Waals surface area (Å²) in [4.78, 5) is 1.85. The topological polar surface area (TPSA) is 34.8 Å². The molecule has 1 aromatic carbocycles. The summed E-state index contributed by atoms with van der Waals surface area (Å²) < 4.78 is 31.7. The van der Waals surface area contributed by atoms with Crippen LogP contribution < -0.4 is 40.7 Å². The zero-order chi connectivity index (χ0) is 17.0. The van der Waals surface area contributed by atoms with Gasteiger partial charge in [-0.25, -0.2) is 0 Å². The van der Waals surface area contributed by atoms with E-state index in [1.165, 1.54) is 10.6 Å². The van der Waals surface area contributed by atoms with E-state index in [9.17, 15) is 4.39 Å². The Morgan fingerprint density at radius 1 is 1.00 bits per heavy atom. The van der Waals surface area contributed by atoms with Crippen LogP contribution in [0.2, 0.25) is 0 Å². The molecular formula is C17H22BrFN2O3. The molecule has 0 N–H and O–H groups in total. The van der Waals surface area contributed by atoms with Crippen LogP contribution in [0.1, 0.15) is 5.56 Å². The van der Waals surface area contributed by atoms with Crippen LogP contribution in [-0.4, -0.2) is 35.4 Å². The molecule has 2 rings (SSSR count). The van der Waals surface area contributed by atoms with Gasteiger partial charge in [-0.15, -0.1) is 4.39 Å². The summed E-state index contributed by atoms with van der Waals surface area (Å²) in [5.41, 5.74) is 1.66. The van der Waals surface area contributed by atoms with Crippen molar-refractivity contribution in [2.24, 2.45) is 0 Å². The third-order valence-electron chi connectivity index (χ3n) is 3.56. The van der Waals surface area contributed by atoms with E-state index in [2.05, 4.69) is 0 Å². The molecule has 5 nitrogen and oxygen atoms in total. The van der Waals surface area contributed by atoms with Gasteiger partial charge in [-0.05, 0) is 12.1 Å². The van der Waals surface area contributed by atoms with Gasteiger partial charge in [-0.3, -0.25) is 0 Å². The maximum Gasteiger partial charge on any atom is 0.361 e. The van der Waals surface area contributed by atoms with Gasteiger partial charge in [0.25, 0.3) is 0 Å². The highest BCUT2D eigenvalue weighted by molar-refractivity contribution is 5.53. The van der Waals surface area contributed by atoms with Crippen molar-refractivity contribution in [3.8, 4) is 17.2 Å². The number of nitrogens with zero attached hydrogens (tertiary/aromatic N) is 2. The number of hydrogen-bond acceptors (Lipinski definition) is 4. The number of benzene rings is 1. The third kappa shape index (κ3) is 4.29. The van der Waals surface area contributed by atoms with E-state index in [1.807, 2.05) is 37.2 Å². The molecule has 1 aromatic heterocycles. The molecule has 0 amide bonds. The van der Waals surface area contributed by atoms with Crippen molar-refractivity contribution in [3.05, 3.63) is 42.0 Å². The van der Waals surface area contributed by atoms with Crippen LogP contribution in [0.15, 0.2) is 30.5 Å². The highest BCUT2D eigenvalue weighted by Crippen LogP contribution is 2.38. The molecule has 0 atom stereocenters. The highest BCUT2D eigenvalue weighted by Gasteiger charge is 2.18. The number of ether oxygens (including phenoxy) is 3. The second kappa shape index (κ2) is 8.73. The summed E-state index contributed by atoms with van der Waals surface area (Å²) >= 11 is 0. The number of pyridine rings is 1. The van der Waals surface area contributed by atoms with Crippen LogP contribution in [0.5, 0.6) is 17.2 Å². The normalized spacial score (nSPS) is 9.92. The summed E-state index contributed by atoms with van der Waals surface area (Å²) in [6.45, 7) is 0.357. The van der Waals surface area contributed by atoms with Crippen molar-refractivity contribution in [2.75, 3.05) is 40.3 Å². The average Bonchev–Trinajstić information content (AvgIpc) is 2.55. The number of rotatable bonds is 6. The second-order valence-electron chi connectivity index (χ2n) is 5.26. The van der Waals surface area contributed by atoms with Gasteiger partial charge in [0.2, 0.25) is 5.75 Å². The molecule has 0 spiro atoms. The fourth-order valence-corrected chi connectivity index (χ4v) is 2.32. The Kier molecular flexibility index (Phi) is 7.28. The average molecular weight is 401 g/mol. The SMILES string of the molecule is COc1cc(C[n+]2ccc(N(C)C)cc2F)cc(OC)c1OC.[Br-]. The standard InChI is InChI=1S/C17H22FN2O3.BrH/c1-19(2)13-6-7-20(16(18)10-13)11-12-8-14(21-3)17(23-5)15(9-12)22-4;/h6-10H,11H2,1-5H3;1H/q+1;/p-1. The van der Waals surface area contributed by atoms with Gasteiger partial charge in [-0.1, -0.05) is 0 Å². The molecule has 0 fully saturated rings. The number of anilines is 1. The Balaban J connectivity index is 0.00000288. The van der Waals surface area contributed by atoms with Crippen LogP contribution in [0.4, 0.5) is 10.1 Å². The lowest BCUT2D eigenvalue weighted by atomic mass is 10.1. The van der Waals surface area contributed by atoms with E-state index in [4.69, 9.17) is 14.2 Å². The lowest BCUT2D eigenvalue weighted by Gasteiger charge is -2.14. The summed E-state index contributed by atoms with van der Waals surface area (Å²) in [5, 5.41) is 0. The maximum absolute atomic E-state index is 14.3. The van der Waals surface area contributed by atoms with E-state index >= 15 is 0 Å². The number of methoxy groups -OCH3 is 3. The number of hydrogen-bond donors (Lipinski definition) is 0. The van der Waals surface area contributed by atoms with Crippen LogP contribution >= 0.6 is 0 Å². The first-order valence-corrected chi connectivity index (χ1v) is 7.15. The minimum absolute atomic E-state index is 0. The van der Waals surface area contributed by atoms with E-state index in [1.54, 1.807) is 27.5 Å². The fraction of sp³-hybridized carbons (Fsp3) is 0.353. The molecule has 2 aromatic rings. The van der Waals surface area contributed by atoms with Crippen molar-refractivity contribution in [2.45, 2.75) is 6.54 Å². The summed E-state index contributed by atoms with van der Waals surface area (Å²) in [6.07, 6.45) is 1.72. The molecular weight excluding hydrogens is 379 g/mol. The van der Waals surface area contributed by atoms with Crippen molar-refractivity contribution < 1.29 is 40.1 Å². The molecule has 0 saturated carbocycles. The van der Waals surface area contributed by atoms with E-state index < -0.39 is 0 Å². The molecule has 24 heavy (non-hydrogen) atoms. The zero-order valence-electron chi connectivity index (χ0n) is 14.5. The number of aromatic nitrogens is 1. The van der Waals surface area contributed by atoms with Gasteiger partial charge < -0.3 is 36.1 Å². The fourth-order valence-electron chi connectivity index (χ4n) is 2.32. The smallest absolute Gasteiger partial charge is 0.361 e. The minimum Gasteiger partial charge on any atom is -1.00 e. The first kappa shape index (κ1) is 20.0. The molecule has 0 aliphatic heterocycles. The van der Waals surface area contributed by atoms with Crippen LogP contribution in [0.25, 0.3) is 0 Å². The Morgan fingerprint density at radius 3 is 2.00 bits per heavy atom. The molecule has 0 unspecified atom stereocenters. The maximum atomic E-state index is 14.3. The molecule has 0 aliphatic carbocycles. The zero-order valence-corrected chi connectivity index (χ0v) is 16.1. The summed E-state index contributed by atoms with van der Waals surface area (Å²) in [5.74, 6) is 1.30. The van der Waals surface area contributed by atoms with Gasteiger partial charge in [0.1, 0.15) is 0 Å². The number of halogens is 2. The van der Waals surface area contributed by atoms with Gasteiger partial charge in [0.05, 0.1) is 33.1 Å². The summed E-state index contributed by atoms with van der Waals surface area (Å²) in [7, 11) is 8.41. The molecule has 1 heterocycles. The quantitative estimate of drug-likeness (QED) is 0.472. The molecule has 132 valence electrons. The van der Waals surface area contributed by atoms with E-state index in [0.717, 1.165) is 11.3 Å². The predicted molar refractivity (Wildman–Crippen MR) is 86.1 cm³/mol. The predicted octanol–water partition coefficient (Wildman–Crippen LogP) is -0.743. The molecule has 7 heteroatoms. The van der Waals surface area contributed by atoms with Gasteiger partial charge in [-0.2, -0.15) is 4.57 Å². The van der Waals surface area contributed by atoms with Crippen molar-refractivity contribution >= 4 is 5.69 Å². The van der Waals surface area contributed by atoms with Crippen LogP contribution in [0.3, 0.4) is 0 Å². The largest absolute Gasteiger partial charge is 1.00 e. The van der Waals surface area contributed by atoms with Crippen LogP contribution in [-0.2, 0) is 6.54 Å². The Hall–Kier alpha value is -2.02. The minimum atomic E-state index is -0.315. The van der Waals surface area contributed by atoms with Gasteiger partial charge in [0, 0.05) is 25.7 Å². The lowest BCUT2D eigenvalue weighted by molar-refractivity contribution is -0.715. The first-order valence-electron chi connectivity index (χ1n) is 7.15. The molecule has 0 radical (unpaired) electrons. The lowest BCUT2D eigenvalue weighted by Crippen LogP contribution is -3.00. The molecule has 0 saturated heterocycles. The van der Waals surface area contributed by atoms with Crippen LogP contribution in [0, 0.1) is 5.95 Å².